The second-order valence-electron chi connectivity index (χ2n) is 5.19. The summed E-state index contributed by atoms with van der Waals surface area (Å²) in [5.74, 6) is 0. The molecule has 0 aromatic carbocycles. The largest absolute Gasteiger partial charge is 0.388 e. The number of piperazine rings is 1. The summed E-state index contributed by atoms with van der Waals surface area (Å²) in [5, 5.41) is 3.16. The smallest absolute Gasteiger partial charge is 0.0564 e. The third-order valence-corrected chi connectivity index (χ3v) is 3.63. The normalized spacial score (nSPS) is 18.2. The molecule has 2 heterocycles. The molecule has 0 aliphatic carbocycles. The fraction of sp³-hybridized carbons (Fsp3) is 0.643. The van der Waals surface area contributed by atoms with Gasteiger partial charge in [-0.2, -0.15) is 0 Å². The van der Waals surface area contributed by atoms with Gasteiger partial charge in [0.05, 0.1) is 5.69 Å². The molecule has 18 heavy (non-hydrogen) atoms. The minimum absolute atomic E-state index is 0.665. The second-order valence-corrected chi connectivity index (χ2v) is 5.19. The molecule has 2 rings (SSSR count). The molecule has 4 heteroatoms. The van der Waals surface area contributed by atoms with Crippen LogP contribution in [0.2, 0.25) is 0 Å². The van der Waals surface area contributed by atoms with Crippen LogP contribution in [-0.2, 0) is 6.54 Å². The van der Waals surface area contributed by atoms with E-state index >= 15 is 0 Å². The highest BCUT2D eigenvalue weighted by molar-refractivity contribution is 5.42. The summed E-state index contributed by atoms with van der Waals surface area (Å²) in [6.07, 6.45) is 1.88. The third kappa shape index (κ3) is 3.43. The molecule has 0 radical (unpaired) electrons. The molecule has 4 nitrogen and oxygen atoms in total. The van der Waals surface area contributed by atoms with Crippen molar-refractivity contribution >= 4 is 5.69 Å². The number of pyridine rings is 1. The average Bonchev–Trinajstić information content (AvgIpc) is 2.39. The fourth-order valence-electron chi connectivity index (χ4n) is 2.39. The van der Waals surface area contributed by atoms with Gasteiger partial charge in [-0.25, -0.2) is 0 Å². The van der Waals surface area contributed by atoms with E-state index in [4.69, 9.17) is 0 Å². The van der Waals surface area contributed by atoms with Gasteiger partial charge in [-0.15, -0.1) is 0 Å². The lowest BCUT2D eigenvalue weighted by molar-refractivity contribution is 0.103. The van der Waals surface area contributed by atoms with E-state index in [0.717, 1.165) is 31.0 Å². The standard InChI is InChI=1S/C14H24N4/c1-12(2)18-8-6-17(7-9-18)11-14-10-13(15-3)4-5-16-14/h4-5,10,12H,6-9,11H2,1-3H3,(H,15,16). The van der Waals surface area contributed by atoms with Crippen molar-refractivity contribution in [3.05, 3.63) is 24.0 Å². The van der Waals surface area contributed by atoms with Gasteiger partial charge >= 0.3 is 0 Å². The Morgan fingerprint density at radius 2 is 2.00 bits per heavy atom. The van der Waals surface area contributed by atoms with Gasteiger partial charge < -0.3 is 5.32 Å². The van der Waals surface area contributed by atoms with Crippen LogP contribution in [0.3, 0.4) is 0 Å². The summed E-state index contributed by atoms with van der Waals surface area (Å²) in [4.78, 5) is 9.46. The second kappa shape index (κ2) is 6.16. The zero-order valence-electron chi connectivity index (χ0n) is 11.7. The van der Waals surface area contributed by atoms with Crippen molar-refractivity contribution in [3.63, 3.8) is 0 Å². The average molecular weight is 248 g/mol. The maximum Gasteiger partial charge on any atom is 0.0564 e. The number of anilines is 1. The van der Waals surface area contributed by atoms with E-state index in [1.165, 1.54) is 13.1 Å². The van der Waals surface area contributed by atoms with Crippen LogP contribution in [0.1, 0.15) is 19.5 Å². The molecule has 1 saturated heterocycles. The molecule has 1 aromatic heterocycles. The fourth-order valence-corrected chi connectivity index (χ4v) is 2.39. The maximum atomic E-state index is 4.44. The Hall–Kier alpha value is -1.13. The lowest BCUT2D eigenvalue weighted by atomic mass is 10.2. The first-order chi connectivity index (χ1) is 8.69. The Morgan fingerprint density at radius 1 is 1.28 bits per heavy atom. The number of hydrogen-bond acceptors (Lipinski definition) is 4. The summed E-state index contributed by atoms with van der Waals surface area (Å²) < 4.78 is 0. The molecule has 1 fully saturated rings. The molecule has 0 atom stereocenters. The Kier molecular flexibility index (Phi) is 4.55. The summed E-state index contributed by atoms with van der Waals surface area (Å²) >= 11 is 0. The lowest BCUT2D eigenvalue weighted by Gasteiger charge is -2.36. The van der Waals surface area contributed by atoms with Gasteiger partial charge in [-0.1, -0.05) is 0 Å². The van der Waals surface area contributed by atoms with Crippen LogP contribution in [-0.4, -0.2) is 54.1 Å². The Morgan fingerprint density at radius 3 is 2.61 bits per heavy atom. The Bertz CT molecular complexity index is 370. The van der Waals surface area contributed by atoms with Crippen molar-refractivity contribution in [3.8, 4) is 0 Å². The Labute approximate surface area is 110 Å². The van der Waals surface area contributed by atoms with Crippen LogP contribution < -0.4 is 5.32 Å². The monoisotopic (exact) mass is 248 g/mol. The quantitative estimate of drug-likeness (QED) is 0.878. The van der Waals surface area contributed by atoms with Crippen molar-refractivity contribution in [1.82, 2.24) is 14.8 Å². The minimum Gasteiger partial charge on any atom is -0.388 e. The molecule has 100 valence electrons. The Balaban J connectivity index is 1.87. The van der Waals surface area contributed by atoms with E-state index in [2.05, 4.69) is 40.0 Å². The summed E-state index contributed by atoms with van der Waals surface area (Å²) in [6, 6.07) is 4.80. The SMILES string of the molecule is CNc1ccnc(CN2CCN(C(C)C)CC2)c1. The highest BCUT2D eigenvalue weighted by atomic mass is 15.3. The van der Waals surface area contributed by atoms with Crippen molar-refractivity contribution < 1.29 is 0 Å². The minimum atomic E-state index is 0.665. The van der Waals surface area contributed by atoms with E-state index in [0.29, 0.717) is 6.04 Å². The molecule has 1 aliphatic rings. The van der Waals surface area contributed by atoms with Gasteiger partial charge in [0.2, 0.25) is 0 Å². The molecule has 0 saturated carbocycles. The number of nitrogens with zero attached hydrogens (tertiary/aromatic N) is 3. The number of rotatable bonds is 4. The molecule has 1 aromatic rings. The molecule has 0 amide bonds. The first-order valence-corrected chi connectivity index (χ1v) is 6.78. The van der Waals surface area contributed by atoms with E-state index in [-0.39, 0.29) is 0 Å². The molecule has 1 aliphatic heterocycles. The summed E-state index contributed by atoms with van der Waals surface area (Å²) in [5.41, 5.74) is 2.29. The first kappa shape index (κ1) is 13.3. The third-order valence-electron chi connectivity index (χ3n) is 3.63. The summed E-state index contributed by atoms with van der Waals surface area (Å²) in [7, 11) is 1.94. The molecular weight excluding hydrogens is 224 g/mol. The van der Waals surface area contributed by atoms with Gasteiger partial charge in [0.25, 0.3) is 0 Å². The number of hydrogen-bond donors (Lipinski definition) is 1. The van der Waals surface area contributed by atoms with Gasteiger partial charge in [0.1, 0.15) is 0 Å². The number of nitrogens with one attached hydrogen (secondary N) is 1. The van der Waals surface area contributed by atoms with Crippen molar-refractivity contribution in [2.45, 2.75) is 26.4 Å². The zero-order chi connectivity index (χ0) is 13.0. The summed E-state index contributed by atoms with van der Waals surface area (Å²) in [6.45, 7) is 10.1. The predicted molar refractivity (Wildman–Crippen MR) is 75.8 cm³/mol. The van der Waals surface area contributed by atoms with Gasteiger partial charge in [-0.05, 0) is 26.0 Å². The maximum absolute atomic E-state index is 4.44. The first-order valence-electron chi connectivity index (χ1n) is 6.78. The molecular formula is C14H24N4. The highest BCUT2D eigenvalue weighted by Gasteiger charge is 2.18. The van der Waals surface area contributed by atoms with Gasteiger partial charge in [-0.3, -0.25) is 14.8 Å². The van der Waals surface area contributed by atoms with E-state index < -0.39 is 0 Å². The van der Waals surface area contributed by atoms with Crippen LogP contribution in [0.25, 0.3) is 0 Å². The molecule has 0 unspecified atom stereocenters. The van der Waals surface area contributed by atoms with E-state index in [1.54, 1.807) is 0 Å². The van der Waals surface area contributed by atoms with E-state index in [9.17, 15) is 0 Å². The van der Waals surface area contributed by atoms with Crippen LogP contribution in [0.15, 0.2) is 18.3 Å². The van der Waals surface area contributed by atoms with Crippen molar-refractivity contribution in [2.24, 2.45) is 0 Å². The predicted octanol–water partition coefficient (Wildman–Crippen LogP) is 1.65. The molecule has 0 bridgehead atoms. The molecule has 1 N–H and O–H groups in total. The topological polar surface area (TPSA) is 31.4 Å². The highest BCUT2D eigenvalue weighted by Crippen LogP contribution is 2.12. The van der Waals surface area contributed by atoms with Crippen LogP contribution in [0.5, 0.6) is 0 Å². The van der Waals surface area contributed by atoms with Crippen LogP contribution in [0, 0.1) is 0 Å². The zero-order valence-corrected chi connectivity index (χ0v) is 11.7. The number of aromatic nitrogens is 1. The van der Waals surface area contributed by atoms with Crippen LogP contribution in [0.4, 0.5) is 5.69 Å². The molecule has 0 spiro atoms. The van der Waals surface area contributed by atoms with E-state index in [1.807, 2.05) is 19.3 Å². The van der Waals surface area contributed by atoms with Crippen molar-refractivity contribution in [1.29, 1.82) is 0 Å². The van der Waals surface area contributed by atoms with Crippen molar-refractivity contribution in [2.75, 3.05) is 38.5 Å². The van der Waals surface area contributed by atoms with Gasteiger partial charge in [0, 0.05) is 57.7 Å². The van der Waals surface area contributed by atoms with Gasteiger partial charge in [0.15, 0.2) is 0 Å². The lowest BCUT2D eigenvalue weighted by Crippen LogP contribution is -2.48. The van der Waals surface area contributed by atoms with Crippen LogP contribution >= 0.6 is 0 Å².